The lowest BCUT2D eigenvalue weighted by molar-refractivity contribution is -0.274. The van der Waals surface area contributed by atoms with E-state index in [-0.39, 0.29) is 17.4 Å². The summed E-state index contributed by atoms with van der Waals surface area (Å²) < 4.78 is 46.2. The number of rotatable bonds is 9. The predicted molar refractivity (Wildman–Crippen MR) is 83.6 cm³/mol. The van der Waals surface area contributed by atoms with Crippen molar-refractivity contribution in [2.45, 2.75) is 32.5 Å². The second-order valence-electron chi connectivity index (χ2n) is 4.76. The number of aliphatic imine (C=N–C) groups is 1. The topological polar surface area (TPSA) is 68.9 Å². The minimum atomic E-state index is -4.76. The fourth-order valence-corrected chi connectivity index (χ4v) is 1.68. The van der Waals surface area contributed by atoms with E-state index in [4.69, 9.17) is 10.5 Å². The lowest BCUT2D eigenvalue weighted by atomic mass is 10.3. The van der Waals surface area contributed by atoms with Crippen LogP contribution in [0.2, 0.25) is 0 Å². The number of benzene rings is 1. The zero-order valence-electron chi connectivity index (χ0n) is 13.0. The minimum Gasteiger partial charge on any atom is -0.404 e. The number of nitrogens with zero attached hydrogens (tertiary/aromatic N) is 1. The molecule has 1 aromatic carbocycles. The second-order valence-corrected chi connectivity index (χ2v) is 4.76. The molecule has 0 aromatic heterocycles. The molecule has 0 heterocycles. The van der Waals surface area contributed by atoms with Crippen molar-refractivity contribution in [3.05, 3.63) is 24.3 Å². The number of ether oxygens (including phenoxy) is 2. The summed E-state index contributed by atoms with van der Waals surface area (Å²) in [6.45, 7) is 3.80. The van der Waals surface area contributed by atoms with Gasteiger partial charge >= 0.3 is 6.36 Å². The van der Waals surface area contributed by atoms with Gasteiger partial charge in [-0.3, -0.25) is 4.99 Å². The second kappa shape index (κ2) is 9.94. The van der Waals surface area contributed by atoms with E-state index in [1.165, 1.54) is 18.2 Å². The number of hydrogen-bond acceptors (Lipinski definition) is 3. The first-order chi connectivity index (χ1) is 10.9. The van der Waals surface area contributed by atoms with Crippen molar-refractivity contribution in [3.63, 3.8) is 0 Å². The summed E-state index contributed by atoms with van der Waals surface area (Å²) in [6.07, 6.45) is -1.98. The van der Waals surface area contributed by atoms with Crippen molar-refractivity contribution in [1.29, 1.82) is 0 Å². The maximum atomic E-state index is 12.3. The number of para-hydroxylation sites is 2. The molecule has 0 amide bonds. The molecular formula is C15H22F3N3O2. The van der Waals surface area contributed by atoms with Gasteiger partial charge in [0, 0.05) is 19.8 Å². The summed E-state index contributed by atoms with van der Waals surface area (Å²) in [7, 11) is 0. The summed E-state index contributed by atoms with van der Waals surface area (Å²) in [4.78, 5) is 4.04. The normalized spacial score (nSPS) is 12.3. The Balaban J connectivity index is 2.44. The molecule has 3 N–H and O–H groups in total. The summed E-state index contributed by atoms with van der Waals surface area (Å²) in [6, 6.07) is 5.63. The van der Waals surface area contributed by atoms with Gasteiger partial charge in [-0.15, -0.1) is 13.2 Å². The highest BCUT2D eigenvalue weighted by Crippen LogP contribution is 2.29. The van der Waals surface area contributed by atoms with E-state index >= 15 is 0 Å². The van der Waals surface area contributed by atoms with Gasteiger partial charge in [0.1, 0.15) is 0 Å². The maximum absolute atomic E-state index is 12.3. The van der Waals surface area contributed by atoms with Gasteiger partial charge in [0.15, 0.2) is 11.7 Å². The highest BCUT2D eigenvalue weighted by molar-refractivity contribution is 5.93. The Bertz CT molecular complexity index is 493. The molecule has 0 bridgehead atoms. The molecule has 0 saturated heterocycles. The van der Waals surface area contributed by atoms with Gasteiger partial charge in [-0.1, -0.05) is 25.5 Å². The Morgan fingerprint density at radius 2 is 1.91 bits per heavy atom. The van der Waals surface area contributed by atoms with Crippen LogP contribution in [0.4, 0.5) is 18.9 Å². The third-order valence-electron chi connectivity index (χ3n) is 2.75. The third-order valence-corrected chi connectivity index (χ3v) is 2.75. The molecule has 0 aliphatic rings. The average molecular weight is 333 g/mol. The van der Waals surface area contributed by atoms with Gasteiger partial charge in [0.05, 0.1) is 5.69 Å². The molecule has 0 radical (unpaired) electrons. The number of nitrogens with two attached hydrogens (primary N) is 1. The van der Waals surface area contributed by atoms with E-state index in [1.54, 1.807) is 6.07 Å². The first-order valence-electron chi connectivity index (χ1n) is 7.42. The monoisotopic (exact) mass is 333 g/mol. The molecule has 8 heteroatoms. The fraction of sp³-hybridized carbons (Fsp3) is 0.533. The third kappa shape index (κ3) is 8.92. The van der Waals surface area contributed by atoms with Crippen molar-refractivity contribution in [2.24, 2.45) is 10.7 Å². The molecule has 0 unspecified atom stereocenters. The van der Waals surface area contributed by atoms with E-state index in [1.807, 2.05) is 0 Å². The highest BCUT2D eigenvalue weighted by Gasteiger charge is 2.32. The largest absolute Gasteiger partial charge is 0.573 e. The van der Waals surface area contributed by atoms with Crippen LogP contribution in [0.25, 0.3) is 0 Å². The van der Waals surface area contributed by atoms with Crippen LogP contribution in [0.15, 0.2) is 29.3 Å². The van der Waals surface area contributed by atoms with Crippen LogP contribution in [0.5, 0.6) is 5.75 Å². The Morgan fingerprint density at radius 3 is 2.61 bits per heavy atom. The predicted octanol–water partition coefficient (Wildman–Crippen LogP) is 3.52. The van der Waals surface area contributed by atoms with Crippen LogP contribution in [0.1, 0.15) is 26.2 Å². The molecule has 0 aliphatic heterocycles. The number of unbranched alkanes of at least 4 members (excludes halogenated alkanes) is 1. The van der Waals surface area contributed by atoms with Crippen LogP contribution >= 0.6 is 0 Å². The zero-order chi connectivity index (χ0) is 17.1. The number of halogens is 3. The molecular weight excluding hydrogens is 311 g/mol. The molecule has 0 spiro atoms. The van der Waals surface area contributed by atoms with E-state index < -0.39 is 6.36 Å². The van der Waals surface area contributed by atoms with E-state index in [0.29, 0.717) is 19.6 Å². The van der Waals surface area contributed by atoms with Crippen molar-refractivity contribution < 1.29 is 22.6 Å². The fourth-order valence-electron chi connectivity index (χ4n) is 1.68. The molecule has 130 valence electrons. The molecule has 0 saturated carbocycles. The summed E-state index contributed by atoms with van der Waals surface area (Å²) in [5, 5.41) is 2.61. The minimum absolute atomic E-state index is 0.0248. The van der Waals surface area contributed by atoms with E-state index in [0.717, 1.165) is 19.4 Å². The Morgan fingerprint density at radius 1 is 1.22 bits per heavy atom. The first-order valence-corrected chi connectivity index (χ1v) is 7.42. The lowest BCUT2D eigenvalue weighted by Crippen LogP contribution is -2.24. The van der Waals surface area contributed by atoms with E-state index in [9.17, 15) is 13.2 Å². The molecule has 0 atom stereocenters. The molecule has 5 nitrogen and oxygen atoms in total. The zero-order valence-corrected chi connectivity index (χ0v) is 13.0. The van der Waals surface area contributed by atoms with Crippen LogP contribution in [0.3, 0.4) is 0 Å². The maximum Gasteiger partial charge on any atom is 0.573 e. The standard InChI is InChI=1S/C15H22F3N3O2/c1-2-3-10-22-11-6-9-20-14(19)21-12-7-4-5-8-13(12)23-15(16,17)18/h4-5,7-8H,2-3,6,9-11H2,1H3,(H3,19,20,21). The van der Waals surface area contributed by atoms with Crippen molar-refractivity contribution in [1.82, 2.24) is 0 Å². The molecule has 23 heavy (non-hydrogen) atoms. The van der Waals surface area contributed by atoms with Crippen molar-refractivity contribution in [3.8, 4) is 5.75 Å². The van der Waals surface area contributed by atoms with Gasteiger partial charge in [0.2, 0.25) is 0 Å². The molecule has 0 fully saturated rings. The average Bonchev–Trinajstić information content (AvgIpc) is 2.47. The first kappa shape index (κ1) is 19.1. The summed E-state index contributed by atoms with van der Waals surface area (Å²) in [5.74, 6) is -0.335. The SMILES string of the molecule is CCCCOCCCN=C(N)Nc1ccccc1OC(F)(F)F. The van der Waals surface area contributed by atoms with Crippen LogP contribution in [-0.4, -0.2) is 32.1 Å². The number of hydrogen-bond donors (Lipinski definition) is 2. The quantitative estimate of drug-likeness (QED) is 0.412. The summed E-state index contributed by atoms with van der Waals surface area (Å²) in [5.41, 5.74) is 5.76. The van der Waals surface area contributed by atoms with Gasteiger partial charge in [-0.2, -0.15) is 0 Å². The van der Waals surface area contributed by atoms with Crippen molar-refractivity contribution in [2.75, 3.05) is 25.1 Å². The Hall–Kier alpha value is -1.96. The smallest absolute Gasteiger partial charge is 0.404 e. The van der Waals surface area contributed by atoms with Crippen LogP contribution < -0.4 is 15.8 Å². The number of guanidine groups is 1. The molecule has 0 aliphatic carbocycles. The van der Waals surface area contributed by atoms with Crippen LogP contribution in [-0.2, 0) is 4.74 Å². The molecule has 1 rings (SSSR count). The van der Waals surface area contributed by atoms with Crippen molar-refractivity contribution >= 4 is 11.6 Å². The molecule has 1 aromatic rings. The lowest BCUT2D eigenvalue weighted by Gasteiger charge is -2.14. The Labute approximate surface area is 133 Å². The highest BCUT2D eigenvalue weighted by atomic mass is 19.4. The van der Waals surface area contributed by atoms with Gasteiger partial charge in [0.25, 0.3) is 0 Å². The van der Waals surface area contributed by atoms with Crippen LogP contribution in [0, 0.1) is 0 Å². The number of anilines is 1. The number of alkyl halides is 3. The van der Waals surface area contributed by atoms with E-state index in [2.05, 4.69) is 22.0 Å². The number of nitrogens with one attached hydrogen (secondary N) is 1. The van der Waals surface area contributed by atoms with Gasteiger partial charge < -0.3 is 20.5 Å². The van der Waals surface area contributed by atoms with Gasteiger partial charge in [-0.05, 0) is 25.0 Å². The summed E-state index contributed by atoms with van der Waals surface area (Å²) >= 11 is 0. The Kier molecular flexibility index (Phi) is 8.25. The van der Waals surface area contributed by atoms with Gasteiger partial charge in [-0.25, -0.2) is 0 Å².